The number of halogens is 3. The van der Waals surface area contributed by atoms with E-state index < -0.39 is 12.7 Å². The van der Waals surface area contributed by atoms with Gasteiger partial charge in [0.2, 0.25) is 5.88 Å². The Morgan fingerprint density at radius 1 is 1.02 bits per heavy atom. The first-order valence-corrected chi connectivity index (χ1v) is 15.2. The predicted molar refractivity (Wildman–Crippen MR) is 154 cm³/mol. The number of anilines is 1. The molecule has 0 saturated carbocycles. The number of fused-ring (bicyclic) bond motifs is 1. The predicted octanol–water partition coefficient (Wildman–Crippen LogP) is 6.11. The van der Waals surface area contributed by atoms with Crippen LogP contribution < -0.4 is 14.4 Å². The molecule has 3 heterocycles. The fourth-order valence-electron chi connectivity index (χ4n) is 6.73. The number of piperidine rings is 2. The monoisotopic (exact) mass is 589 g/mol. The number of benzene rings is 1. The number of nitrogens with zero attached hydrogens (tertiary/aromatic N) is 3. The van der Waals surface area contributed by atoms with E-state index in [4.69, 9.17) is 14.2 Å². The molecule has 0 spiro atoms. The molecule has 1 atom stereocenters. The lowest BCUT2D eigenvalue weighted by Crippen LogP contribution is -2.40. The van der Waals surface area contributed by atoms with Crippen LogP contribution in [-0.2, 0) is 16.0 Å². The van der Waals surface area contributed by atoms with Gasteiger partial charge in [0.15, 0.2) is 0 Å². The Morgan fingerprint density at radius 3 is 2.48 bits per heavy atom. The van der Waals surface area contributed by atoms with Crippen LogP contribution in [0.5, 0.6) is 11.6 Å². The quantitative estimate of drug-likeness (QED) is 0.310. The molecule has 0 radical (unpaired) electrons. The normalized spacial score (nSPS) is 20.4. The molecule has 0 bridgehead atoms. The number of rotatable bonds is 10. The molecule has 2 aromatic rings. The molecule has 2 saturated heterocycles. The molecule has 1 aromatic carbocycles. The number of esters is 1. The van der Waals surface area contributed by atoms with Gasteiger partial charge in [0.1, 0.15) is 5.75 Å². The molecule has 3 aliphatic rings. The van der Waals surface area contributed by atoms with E-state index in [9.17, 15) is 18.0 Å². The molecule has 0 amide bonds. The number of hydrogen-bond donors (Lipinski definition) is 0. The summed E-state index contributed by atoms with van der Waals surface area (Å²) in [6, 6.07) is 8.14. The van der Waals surface area contributed by atoms with Gasteiger partial charge in [-0.1, -0.05) is 6.07 Å². The highest BCUT2D eigenvalue weighted by Gasteiger charge is 2.34. The number of aryl methyl sites for hydroxylation is 1. The largest absolute Gasteiger partial charge is 0.497 e. The number of ether oxygens (including phenoxy) is 3. The van der Waals surface area contributed by atoms with E-state index in [1.54, 1.807) is 7.11 Å². The number of carbonyl (C=O) groups is 1. The zero-order chi connectivity index (χ0) is 29.7. The highest BCUT2D eigenvalue weighted by atomic mass is 19.4. The van der Waals surface area contributed by atoms with Gasteiger partial charge in [-0.2, -0.15) is 13.2 Å². The molecule has 7 nitrogen and oxygen atoms in total. The van der Waals surface area contributed by atoms with Gasteiger partial charge in [-0.05, 0) is 99.0 Å². The van der Waals surface area contributed by atoms with Crippen molar-refractivity contribution in [2.24, 2.45) is 5.92 Å². The lowest BCUT2D eigenvalue weighted by molar-refractivity contribution is -0.148. The molecule has 42 heavy (non-hydrogen) atoms. The van der Waals surface area contributed by atoms with E-state index in [2.05, 4.69) is 22.0 Å². The molecule has 230 valence electrons. The van der Waals surface area contributed by atoms with Crippen molar-refractivity contribution in [1.82, 2.24) is 9.88 Å². The topological polar surface area (TPSA) is 64.1 Å². The van der Waals surface area contributed by atoms with Gasteiger partial charge < -0.3 is 19.1 Å². The molecule has 1 unspecified atom stereocenters. The number of methoxy groups -OCH3 is 1. The maximum atomic E-state index is 12.9. The minimum Gasteiger partial charge on any atom is -0.497 e. The summed E-state index contributed by atoms with van der Waals surface area (Å²) >= 11 is 0. The fourth-order valence-corrected chi connectivity index (χ4v) is 6.73. The minimum atomic E-state index is -4.16. The van der Waals surface area contributed by atoms with Crippen molar-refractivity contribution >= 4 is 11.7 Å². The summed E-state index contributed by atoms with van der Waals surface area (Å²) in [7, 11) is 1.66. The van der Waals surface area contributed by atoms with Crippen LogP contribution in [0.3, 0.4) is 0 Å². The van der Waals surface area contributed by atoms with E-state index in [1.807, 2.05) is 25.3 Å². The summed E-state index contributed by atoms with van der Waals surface area (Å²) in [4.78, 5) is 20.5. The van der Waals surface area contributed by atoms with Gasteiger partial charge in [0.05, 0.1) is 33.3 Å². The second-order valence-corrected chi connectivity index (χ2v) is 11.8. The van der Waals surface area contributed by atoms with E-state index in [0.717, 1.165) is 55.8 Å². The Bertz CT molecular complexity index is 1210. The van der Waals surface area contributed by atoms with Crippen LogP contribution in [0.1, 0.15) is 74.0 Å². The highest BCUT2D eigenvalue weighted by Crippen LogP contribution is 2.40. The highest BCUT2D eigenvalue weighted by molar-refractivity contribution is 5.71. The smallest absolute Gasteiger partial charge is 0.401 e. The third-order valence-corrected chi connectivity index (χ3v) is 9.01. The van der Waals surface area contributed by atoms with Crippen molar-refractivity contribution < 1.29 is 32.2 Å². The fraction of sp³-hybridized carbons (Fsp3) is 0.625. The van der Waals surface area contributed by atoms with Crippen LogP contribution in [-0.4, -0.2) is 75.1 Å². The molecule has 2 fully saturated rings. The van der Waals surface area contributed by atoms with E-state index in [-0.39, 0.29) is 17.8 Å². The van der Waals surface area contributed by atoms with E-state index in [0.29, 0.717) is 57.4 Å². The second-order valence-electron chi connectivity index (χ2n) is 11.8. The molecule has 0 N–H and O–H groups in total. The van der Waals surface area contributed by atoms with Crippen molar-refractivity contribution in [3.05, 3.63) is 47.2 Å². The minimum absolute atomic E-state index is 0.154. The Balaban J connectivity index is 1.16. The van der Waals surface area contributed by atoms with Crippen LogP contribution in [0, 0.1) is 5.92 Å². The van der Waals surface area contributed by atoms with Crippen molar-refractivity contribution in [2.45, 2.75) is 69.9 Å². The Hall–Kier alpha value is -3.01. The molecule has 1 aromatic heterocycles. The number of aromatic nitrogens is 1. The average Bonchev–Trinajstić information content (AvgIpc) is 3.37. The molecular formula is C32H42F3N3O4. The second kappa shape index (κ2) is 13.5. The zero-order valence-electron chi connectivity index (χ0n) is 24.6. The van der Waals surface area contributed by atoms with Crippen LogP contribution in [0.15, 0.2) is 30.5 Å². The lowest BCUT2D eigenvalue weighted by Gasteiger charge is -2.38. The molecule has 1 aliphatic carbocycles. The first kappa shape index (κ1) is 30.4. The SMILES string of the molecule is CCOC(=O)CC1CCc2cnc(OCC3CCN(c4cc(OC)ccc4C4CCN(CC(F)(F)F)CC4)CC3)cc21. The van der Waals surface area contributed by atoms with Crippen molar-refractivity contribution in [3.8, 4) is 11.6 Å². The van der Waals surface area contributed by atoms with Gasteiger partial charge >= 0.3 is 12.1 Å². The van der Waals surface area contributed by atoms with Crippen LogP contribution in [0.25, 0.3) is 0 Å². The molecule has 2 aliphatic heterocycles. The maximum absolute atomic E-state index is 12.9. The van der Waals surface area contributed by atoms with Crippen LogP contribution >= 0.6 is 0 Å². The van der Waals surface area contributed by atoms with Gasteiger partial charge in [0, 0.05) is 37.1 Å². The summed E-state index contributed by atoms with van der Waals surface area (Å²) < 4.78 is 55.5. The average molecular weight is 590 g/mol. The lowest BCUT2D eigenvalue weighted by atomic mass is 9.87. The first-order chi connectivity index (χ1) is 20.2. The van der Waals surface area contributed by atoms with Crippen LogP contribution in [0.2, 0.25) is 0 Å². The third kappa shape index (κ3) is 7.68. The Labute approximate surface area is 246 Å². The van der Waals surface area contributed by atoms with Crippen molar-refractivity contribution in [2.75, 3.05) is 57.9 Å². The number of carbonyl (C=O) groups excluding carboxylic acids is 1. The first-order valence-electron chi connectivity index (χ1n) is 15.2. The number of likely N-dealkylation sites (tertiary alicyclic amines) is 1. The van der Waals surface area contributed by atoms with E-state index >= 15 is 0 Å². The number of alkyl halides is 3. The molecule has 5 rings (SSSR count). The zero-order valence-corrected chi connectivity index (χ0v) is 24.6. The standard InChI is InChI=1S/C32H42F3N3O4/c1-3-41-31(39)16-24-4-5-25-19-36-30(18-28(24)25)42-20-22-8-14-38(15-9-22)29-17-26(40-2)6-7-27(29)23-10-12-37(13-11-23)21-32(33,34)35/h6-7,17-19,22-24H,3-5,8-16,20-21H2,1-2H3. The Kier molecular flexibility index (Phi) is 9.81. The summed E-state index contributed by atoms with van der Waals surface area (Å²) in [5.41, 5.74) is 4.68. The van der Waals surface area contributed by atoms with Gasteiger partial charge in [-0.25, -0.2) is 4.98 Å². The van der Waals surface area contributed by atoms with Gasteiger partial charge in [-0.3, -0.25) is 9.69 Å². The maximum Gasteiger partial charge on any atom is 0.401 e. The van der Waals surface area contributed by atoms with Gasteiger partial charge in [0.25, 0.3) is 0 Å². The molecule has 10 heteroatoms. The molecular weight excluding hydrogens is 547 g/mol. The summed E-state index contributed by atoms with van der Waals surface area (Å²) in [5.74, 6) is 2.02. The van der Waals surface area contributed by atoms with Crippen molar-refractivity contribution in [1.29, 1.82) is 0 Å². The van der Waals surface area contributed by atoms with E-state index in [1.165, 1.54) is 16.0 Å². The number of pyridine rings is 1. The van der Waals surface area contributed by atoms with Crippen molar-refractivity contribution in [3.63, 3.8) is 0 Å². The summed E-state index contributed by atoms with van der Waals surface area (Å²) in [6.45, 7) is 4.63. The number of hydrogen-bond acceptors (Lipinski definition) is 7. The van der Waals surface area contributed by atoms with Crippen LogP contribution in [0.4, 0.5) is 18.9 Å². The third-order valence-electron chi connectivity index (χ3n) is 9.01. The summed E-state index contributed by atoms with van der Waals surface area (Å²) in [5, 5.41) is 0. The van der Waals surface area contributed by atoms with Gasteiger partial charge in [-0.15, -0.1) is 0 Å². The Morgan fingerprint density at radius 2 is 1.79 bits per heavy atom. The summed E-state index contributed by atoms with van der Waals surface area (Å²) in [6.07, 6.45) is 3.34.